The van der Waals surface area contributed by atoms with Crippen molar-refractivity contribution < 1.29 is 42.9 Å². The standard InChI is InChI=1S/C23H25NO9/c1-5-30-19(26)15-16(20(27)31-6-2)23(21(28)32-7-3,22(29)33-8-4)24-17(15)13-11-9-10-12-14(13)18(24)25/h9-12,16H,5-8H2,1-4H3. The molecule has 10 heteroatoms. The van der Waals surface area contributed by atoms with Gasteiger partial charge in [-0.15, -0.1) is 0 Å². The molecule has 0 spiro atoms. The van der Waals surface area contributed by atoms with Gasteiger partial charge in [0.25, 0.3) is 11.4 Å². The quantitative estimate of drug-likeness (QED) is 0.323. The van der Waals surface area contributed by atoms with Gasteiger partial charge in [-0.3, -0.25) is 14.5 Å². The van der Waals surface area contributed by atoms with Crippen molar-refractivity contribution in [3.8, 4) is 0 Å². The highest BCUT2D eigenvalue weighted by molar-refractivity contribution is 6.26. The van der Waals surface area contributed by atoms with Crippen molar-refractivity contribution in [2.45, 2.75) is 33.2 Å². The van der Waals surface area contributed by atoms with Gasteiger partial charge in [-0.1, -0.05) is 18.2 Å². The average molecular weight is 459 g/mol. The van der Waals surface area contributed by atoms with Gasteiger partial charge in [0.1, 0.15) is 5.92 Å². The highest BCUT2D eigenvalue weighted by Crippen LogP contribution is 2.53. The fraction of sp³-hybridized carbons (Fsp3) is 0.435. The molecule has 2 aliphatic rings. The van der Waals surface area contributed by atoms with Crippen molar-refractivity contribution in [1.29, 1.82) is 0 Å². The normalized spacial score (nSPS) is 17.9. The summed E-state index contributed by atoms with van der Waals surface area (Å²) < 4.78 is 20.7. The Hall–Kier alpha value is -3.69. The van der Waals surface area contributed by atoms with E-state index in [1.54, 1.807) is 25.1 Å². The largest absolute Gasteiger partial charge is 0.465 e. The molecule has 0 aromatic heterocycles. The zero-order valence-electron chi connectivity index (χ0n) is 18.8. The van der Waals surface area contributed by atoms with E-state index in [9.17, 15) is 24.0 Å². The number of esters is 4. The Morgan fingerprint density at radius 3 is 1.85 bits per heavy atom. The van der Waals surface area contributed by atoms with Crippen LogP contribution >= 0.6 is 0 Å². The van der Waals surface area contributed by atoms with Gasteiger partial charge in [-0.05, 0) is 33.8 Å². The maximum Gasteiger partial charge on any atom is 0.345 e. The summed E-state index contributed by atoms with van der Waals surface area (Å²) >= 11 is 0. The van der Waals surface area contributed by atoms with E-state index in [4.69, 9.17) is 18.9 Å². The smallest absolute Gasteiger partial charge is 0.345 e. The van der Waals surface area contributed by atoms with E-state index < -0.39 is 41.2 Å². The van der Waals surface area contributed by atoms with E-state index in [1.807, 2.05) is 0 Å². The molecular formula is C23H25NO9. The predicted octanol–water partition coefficient (Wildman–Crippen LogP) is 1.47. The number of rotatable bonds is 8. The molecule has 1 unspecified atom stereocenters. The summed E-state index contributed by atoms with van der Waals surface area (Å²) in [5.74, 6) is -7.04. The number of carbonyl (C=O) groups excluding carboxylic acids is 5. The predicted molar refractivity (Wildman–Crippen MR) is 112 cm³/mol. The number of nitrogens with zero attached hydrogens (tertiary/aromatic N) is 1. The topological polar surface area (TPSA) is 126 Å². The molecule has 1 atom stereocenters. The molecule has 0 saturated carbocycles. The van der Waals surface area contributed by atoms with Crippen molar-refractivity contribution in [3.05, 3.63) is 41.0 Å². The zero-order chi connectivity index (χ0) is 24.3. The van der Waals surface area contributed by atoms with E-state index >= 15 is 0 Å². The lowest BCUT2D eigenvalue weighted by molar-refractivity contribution is -0.178. The van der Waals surface area contributed by atoms with E-state index in [2.05, 4.69) is 0 Å². The highest BCUT2D eigenvalue weighted by Gasteiger charge is 2.73. The summed E-state index contributed by atoms with van der Waals surface area (Å²) in [5, 5.41) is 0. The second kappa shape index (κ2) is 9.43. The van der Waals surface area contributed by atoms with Crippen molar-refractivity contribution in [1.82, 2.24) is 4.90 Å². The van der Waals surface area contributed by atoms with Crippen LogP contribution in [0.2, 0.25) is 0 Å². The lowest BCUT2D eigenvalue weighted by Gasteiger charge is -2.36. The van der Waals surface area contributed by atoms with Crippen molar-refractivity contribution in [2.24, 2.45) is 5.92 Å². The minimum absolute atomic E-state index is 0.0490. The first-order valence-corrected chi connectivity index (χ1v) is 10.7. The molecule has 0 aliphatic carbocycles. The van der Waals surface area contributed by atoms with Crippen LogP contribution in [0.4, 0.5) is 0 Å². The number of ether oxygens (including phenoxy) is 4. The van der Waals surface area contributed by atoms with Crippen LogP contribution in [-0.2, 0) is 38.1 Å². The lowest BCUT2D eigenvalue weighted by Crippen LogP contribution is -2.64. The summed E-state index contributed by atoms with van der Waals surface area (Å²) in [6.07, 6.45) is 0. The van der Waals surface area contributed by atoms with Gasteiger partial charge in [0.15, 0.2) is 0 Å². The van der Waals surface area contributed by atoms with E-state index in [1.165, 1.54) is 26.8 Å². The fourth-order valence-electron chi connectivity index (χ4n) is 4.22. The van der Waals surface area contributed by atoms with Gasteiger partial charge in [-0.25, -0.2) is 14.4 Å². The van der Waals surface area contributed by atoms with E-state index in [-0.39, 0.29) is 48.8 Å². The van der Waals surface area contributed by atoms with Crippen LogP contribution in [0, 0.1) is 5.92 Å². The van der Waals surface area contributed by atoms with Crippen molar-refractivity contribution >= 4 is 35.5 Å². The monoisotopic (exact) mass is 459 g/mol. The fourth-order valence-corrected chi connectivity index (χ4v) is 4.22. The first kappa shape index (κ1) is 24.0. The highest BCUT2D eigenvalue weighted by atomic mass is 16.6. The van der Waals surface area contributed by atoms with Gasteiger partial charge < -0.3 is 18.9 Å². The lowest BCUT2D eigenvalue weighted by atomic mass is 9.79. The number of hydrogen-bond donors (Lipinski definition) is 0. The summed E-state index contributed by atoms with van der Waals surface area (Å²) in [6, 6.07) is 6.27. The minimum atomic E-state index is -2.63. The molecule has 0 radical (unpaired) electrons. The summed E-state index contributed by atoms with van der Waals surface area (Å²) in [4.78, 5) is 67.7. The van der Waals surface area contributed by atoms with Crippen LogP contribution in [0.1, 0.15) is 43.6 Å². The Kier molecular flexibility index (Phi) is 6.85. The van der Waals surface area contributed by atoms with Crippen LogP contribution in [0.5, 0.6) is 0 Å². The molecule has 1 amide bonds. The molecule has 176 valence electrons. The number of carbonyl (C=O) groups is 5. The Bertz CT molecular complexity index is 1020. The number of amides is 1. The molecule has 2 aliphatic heterocycles. The molecule has 33 heavy (non-hydrogen) atoms. The molecule has 1 aromatic rings. The Balaban J connectivity index is 2.44. The third-order valence-corrected chi connectivity index (χ3v) is 5.34. The van der Waals surface area contributed by atoms with E-state index in [0.717, 1.165) is 4.90 Å². The van der Waals surface area contributed by atoms with Gasteiger partial charge in [0.05, 0.1) is 37.7 Å². The maximum absolute atomic E-state index is 13.5. The molecule has 10 nitrogen and oxygen atoms in total. The molecule has 0 saturated heterocycles. The summed E-state index contributed by atoms with van der Waals surface area (Å²) in [6.45, 7) is 5.64. The first-order chi connectivity index (χ1) is 15.8. The van der Waals surface area contributed by atoms with E-state index in [0.29, 0.717) is 0 Å². The van der Waals surface area contributed by atoms with Gasteiger partial charge in [0.2, 0.25) is 0 Å². The zero-order valence-corrected chi connectivity index (χ0v) is 18.8. The van der Waals surface area contributed by atoms with Crippen LogP contribution in [-0.4, -0.2) is 66.7 Å². The number of fused-ring (bicyclic) bond motifs is 3. The Morgan fingerprint density at radius 1 is 0.818 bits per heavy atom. The second-order valence-corrected chi connectivity index (χ2v) is 7.06. The summed E-state index contributed by atoms with van der Waals surface area (Å²) in [5.41, 5.74) is -2.63. The third kappa shape index (κ3) is 3.46. The van der Waals surface area contributed by atoms with Crippen LogP contribution in [0.15, 0.2) is 29.8 Å². The Morgan fingerprint density at radius 2 is 1.33 bits per heavy atom. The average Bonchev–Trinajstić information content (AvgIpc) is 3.26. The van der Waals surface area contributed by atoms with Crippen molar-refractivity contribution in [2.75, 3.05) is 26.4 Å². The van der Waals surface area contributed by atoms with Crippen molar-refractivity contribution in [3.63, 3.8) is 0 Å². The number of hydrogen-bond acceptors (Lipinski definition) is 9. The molecule has 0 N–H and O–H groups in total. The maximum atomic E-state index is 13.5. The van der Waals surface area contributed by atoms with Gasteiger partial charge in [-0.2, -0.15) is 0 Å². The SMILES string of the molecule is CCOC(=O)C1=C2c3ccccc3C(=O)N2C(C(=O)OCC)(C(=O)OCC)C1C(=O)OCC. The van der Waals surface area contributed by atoms with Crippen LogP contribution in [0.3, 0.4) is 0 Å². The van der Waals surface area contributed by atoms with Crippen LogP contribution in [0.25, 0.3) is 5.70 Å². The molecular weight excluding hydrogens is 434 g/mol. The molecule has 0 fully saturated rings. The molecule has 0 bridgehead atoms. The Labute approximate surface area is 190 Å². The van der Waals surface area contributed by atoms with Gasteiger partial charge >= 0.3 is 23.9 Å². The van der Waals surface area contributed by atoms with Crippen LogP contribution < -0.4 is 0 Å². The van der Waals surface area contributed by atoms with Gasteiger partial charge in [0, 0.05) is 11.1 Å². The number of benzene rings is 1. The molecule has 2 heterocycles. The minimum Gasteiger partial charge on any atom is -0.465 e. The first-order valence-electron chi connectivity index (χ1n) is 10.7. The molecule has 3 rings (SSSR count). The third-order valence-electron chi connectivity index (χ3n) is 5.34. The summed E-state index contributed by atoms with van der Waals surface area (Å²) in [7, 11) is 0. The second-order valence-electron chi connectivity index (χ2n) is 7.06. The molecule has 1 aromatic carbocycles.